The molecule has 10 nitrogen and oxygen atoms in total. The van der Waals surface area contributed by atoms with Crippen molar-refractivity contribution in [2.45, 2.75) is 24.3 Å². The van der Waals surface area contributed by atoms with E-state index in [-0.39, 0.29) is 42.3 Å². The summed E-state index contributed by atoms with van der Waals surface area (Å²) in [4.78, 5) is 26.9. The number of amides is 1. The molecule has 0 aliphatic carbocycles. The number of carbonyl (C=O) groups is 2. The average molecular weight is 490 g/mol. The zero-order chi connectivity index (χ0) is 25.1. The van der Waals surface area contributed by atoms with Gasteiger partial charge in [-0.05, 0) is 37.3 Å². The molecule has 2 aromatic rings. The number of benzene rings is 2. The highest BCUT2D eigenvalue weighted by molar-refractivity contribution is 7.89. The van der Waals surface area contributed by atoms with Crippen LogP contribution in [0.4, 0.5) is 5.69 Å². The van der Waals surface area contributed by atoms with Crippen LogP contribution in [0.3, 0.4) is 0 Å². The van der Waals surface area contributed by atoms with E-state index in [2.05, 4.69) is 4.72 Å². The second-order valence-electron chi connectivity index (χ2n) is 7.04. The van der Waals surface area contributed by atoms with E-state index in [1.165, 1.54) is 38.2 Å². The molecule has 0 fully saturated rings. The average Bonchev–Trinajstić information content (AvgIpc) is 2.84. The van der Waals surface area contributed by atoms with E-state index in [0.717, 1.165) is 6.07 Å². The molecule has 0 radical (unpaired) electrons. The van der Waals surface area contributed by atoms with Gasteiger partial charge in [0.05, 0.1) is 31.8 Å². The second-order valence-corrected chi connectivity index (χ2v) is 8.77. The molecule has 0 aliphatic heterocycles. The normalized spacial score (nSPS) is 11.8. The monoisotopic (exact) mass is 489 g/mol. The minimum atomic E-state index is -4.00. The number of sulfonamides is 1. The number of para-hydroxylation sites is 1. The van der Waals surface area contributed by atoms with Gasteiger partial charge in [0, 0.05) is 25.9 Å². The van der Waals surface area contributed by atoms with Crippen LogP contribution in [0, 0.1) is 11.3 Å². The Kier molecular flexibility index (Phi) is 10.0. The van der Waals surface area contributed by atoms with Crippen molar-refractivity contribution in [3.05, 3.63) is 54.1 Å². The van der Waals surface area contributed by atoms with Crippen molar-refractivity contribution in [3.8, 4) is 11.8 Å². The highest BCUT2D eigenvalue weighted by Gasteiger charge is 2.27. The number of hydrogen-bond donors (Lipinski definition) is 1. The van der Waals surface area contributed by atoms with Gasteiger partial charge in [-0.3, -0.25) is 4.79 Å². The van der Waals surface area contributed by atoms with E-state index < -0.39 is 28.0 Å². The SMILES string of the molecule is COCCNS(=O)(=O)c1cc(C(=O)OC(C)C(=O)N(CCC#N)c2ccccc2)ccc1OC. The fraction of sp³-hybridized carbons (Fsp3) is 0.348. The molecule has 0 saturated carbocycles. The smallest absolute Gasteiger partial charge is 0.338 e. The standard InChI is InChI=1S/C23H27N3O7S/c1-17(22(27)26(14-7-12-24)19-8-5-4-6-9-19)33-23(28)18-10-11-20(32-3)21(16-18)34(29,30)25-13-15-31-2/h4-6,8-11,16-17,25H,7,13-15H2,1-3H3. The molecule has 0 heterocycles. The summed E-state index contributed by atoms with van der Waals surface area (Å²) in [7, 11) is -1.26. The van der Waals surface area contributed by atoms with Crippen molar-refractivity contribution < 1.29 is 32.2 Å². The minimum absolute atomic E-state index is 0.0280. The molecular weight excluding hydrogens is 462 g/mol. The third-order valence-electron chi connectivity index (χ3n) is 4.70. The Morgan fingerprint density at radius 1 is 1.15 bits per heavy atom. The summed E-state index contributed by atoms with van der Waals surface area (Å²) < 4.78 is 43.0. The van der Waals surface area contributed by atoms with Crippen LogP contribution in [-0.4, -0.2) is 60.3 Å². The highest BCUT2D eigenvalue weighted by atomic mass is 32.2. The van der Waals surface area contributed by atoms with E-state index in [1.807, 2.05) is 6.07 Å². The van der Waals surface area contributed by atoms with Gasteiger partial charge in [-0.15, -0.1) is 0 Å². The zero-order valence-corrected chi connectivity index (χ0v) is 20.0. The first-order chi connectivity index (χ1) is 16.2. The van der Waals surface area contributed by atoms with Crippen LogP contribution < -0.4 is 14.4 Å². The van der Waals surface area contributed by atoms with Crippen molar-refractivity contribution >= 4 is 27.6 Å². The molecule has 2 rings (SSSR count). The maximum Gasteiger partial charge on any atom is 0.338 e. The Morgan fingerprint density at radius 3 is 2.47 bits per heavy atom. The van der Waals surface area contributed by atoms with Crippen LogP contribution in [0.5, 0.6) is 5.75 Å². The van der Waals surface area contributed by atoms with Crippen LogP contribution in [0.25, 0.3) is 0 Å². The third kappa shape index (κ3) is 7.02. The predicted octanol–water partition coefficient (Wildman–Crippen LogP) is 2.11. The van der Waals surface area contributed by atoms with Crippen LogP contribution in [0.2, 0.25) is 0 Å². The maximum atomic E-state index is 13.0. The van der Waals surface area contributed by atoms with Gasteiger partial charge in [0.15, 0.2) is 6.10 Å². The summed E-state index contributed by atoms with van der Waals surface area (Å²) in [6.45, 7) is 1.72. The molecule has 0 aliphatic rings. The number of carbonyl (C=O) groups excluding carboxylic acids is 2. The van der Waals surface area contributed by atoms with Crippen LogP contribution in [0.15, 0.2) is 53.4 Å². The number of nitrogens with one attached hydrogen (secondary N) is 1. The van der Waals surface area contributed by atoms with E-state index >= 15 is 0 Å². The lowest BCUT2D eigenvalue weighted by molar-refractivity contribution is -0.126. The molecule has 11 heteroatoms. The van der Waals surface area contributed by atoms with Gasteiger partial charge in [-0.25, -0.2) is 17.9 Å². The van der Waals surface area contributed by atoms with E-state index in [1.54, 1.807) is 30.3 Å². The Morgan fingerprint density at radius 2 is 1.85 bits per heavy atom. The molecule has 182 valence electrons. The number of rotatable bonds is 12. The summed E-state index contributed by atoms with van der Waals surface area (Å²) in [5.41, 5.74) is 0.487. The topological polar surface area (TPSA) is 135 Å². The summed E-state index contributed by atoms with van der Waals surface area (Å²) in [5.74, 6) is -1.36. The Hall–Kier alpha value is -3.46. The molecule has 0 spiro atoms. The van der Waals surface area contributed by atoms with Gasteiger partial charge >= 0.3 is 5.97 Å². The van der Waals surface area contributed by atoms with Crippen molar-refractivity contribution in [1.82, 2.24) is 4.72 Å². The summed E-state index contributed by atoms with van der Waals surface area (Å²) >= 11 is 0. The first-order valence-electron chi connectivity index (χ1n) is 10.4. The van der Waals surface area contributed by atoms with Gasteiger partial charge in [-0.2, -0.15) is 5.26 Å². The van der Waals surface area contributed by atoms with Crippen molar-refractivity contribution in [1.29, 1.82) is 5.26 Å². The largest absolute Gasteiger partial charge is 0.495 e. The number of nitriles is 1. The quantitative estimate of drug-likeness (QED) is 0.354. The molecule has 34 heavy (non-hydrogen) atoms. The summed E-state index contributed by atoms with van der Waals surface area (Å²) in [6.07, 6.45) is -1.09. The fourth-order valence-electron chi connectivity index (χ4n) is 3.00. The molecule has 1 amide bonds. The second kappa shape index (κ2) is 12.7. The van der Waals surface area contributed by atoms with Gasteiger partial charge in [0.1, 0.15) is 10.6 Å². The Labute approximate surface area is 199 Å². The van der Waals surface area contributed by atoms with Gasteiger partial charge in [0.2, 0.25) is 10.0 Å². The number of nitrogens with zero attached hydrogens (tertiary/aromatic N) is 2. The maximum absolute atomic E-state index is 13.0. The van der Waals surface area contributed by atoms with Crippen LogP contribution in [0.1, 0.15) is 23.7 Å². The van der Waals surface area contributed by atoms with Gasteiger partial charge in [-0.1, -0.05) is 18.2 Å². The number of esters is 1. The lowest BCUT2D eigenvalue weighted by Gasteiger charge is -2.25. The number of ether oxygens (including phenoxy) is 3. The molecule has 1 unspecified atom stereocenters. The van der Waals surface area contributed by atoms with E-state index in [9.17, 15) is 18.0 Å². The molecule has 0 saturated heterocycles. The highest BCUT2D eigenvalue weighted by Crippen LogP contribution is 2.25. The van der Waals surface area contributed by atoms with Gasteiger partial charge < -0.3 is 19.1 Å². The van der Waals surface area contributed by atoms with E-state index in [0.29, 0.717) is 5.69 Å². The predicted molar refractivity (Wildman–Crippen MR) is 124 cm³/mol. The minimum Gasteiger partial charge on any atom is -0.495 e. The van der Waals surface area contributed by atoms with Crippen LogP contribution >= 0.6 is 0 Å². The number of anilines is 1. The first-order valence-corrected chi connectivity index (χ1v) is 11.8. The number of methoxy groups -OCH3 is 2. The molecule has 0 bridgehead atoms. The summed E-state index contributed by atoms with van der Waals surface area (Å²) in [5, 5.41) is 8.93. The molecule has 1 atom stereocenters. The van der Waals surface area contributed by atoms with Gasteiger partial charge in [0.25, 0.3) is 5.91 Å². The Bertz CT molecular complexity index is 1130. The first kappa shape index (κ1) is 26.8. The Balaban J connectivity index is 2.23. The lowest BCUT2D eigenvalue weighted by Crippen LogP contribution is -2.40. The fourth-order valence-corrected chi connectivity index (χ4v) is 4.21. The third-order valence-corrected chi connectivity index (χ3v) is 6.18. The zero-order valence-electron chi connectivity index (χ0n) is 19.2. The molecule has 0 aromatic heterocycles. The van der Waals surface area contributed by atoms with Crippen molar-refractivity contribution in [3.63, 3.8) is 0 Å². The van der Waals surface area contributed by atoms with Crippen molar-refractivity contribution in [2.24, 2.45) is 0 Å². The van der Waals surface area contributed by atoms with Crippen LogP contribution in [-0.2, 0) is 24.3 Å². The molecular formula is C23H27N3O7S. The molecule has 1 N–H and O–H groups in total. The molecule has 2 aromatic carbocycles. The lowest BCUT2D eigenvalue weighted by atomic mass is 10.2. The number of hydrogen-bond acceptors (Lipinski definition) is 8. The summed E-state index contributed by atoms with van der Waals surface area (Å²) in [6, 6.07) is 14.5. The van der Waals surface area contributed by atoms with E-state index in [4.69, 9.17) is 19.5 Å². The van der Waals surface area contributed by atoms with Crippen molar-refractivity contribution in [2.75, 3.05) is 38.8 Å².